The van der Waals surface area contributed by atoms with E-state index in [1.165, 1.54) is 5.56 Å². The van der Waals surface area contributed by atoms with Crippen LogP contribution in [0.2, 0.25) is 0 Å². The molecule has 1 aliphatic heterocycles. The Morgan fingerprint density at radius 2 is 1.76 bits per heavy atom. The normalized spacial score (nSPS) is 16.6. The van der Waals surface area contributed by atoms with Gasteiger partial charge in [-0.3, -0.25) is 19.3 Å². The van der Waals surface area contributed by atoms with Crippen LogP contribution >= 0.6 is 0 Å². The molecule has 0 unspecified atom stereocenters. The van der Waals surface area contributed by atoms with Crippen LogP contribution in [0.5, 0.6) is 0 Å². The third-order valence-corrected chi connectivity index (χ3v) is 4.60. The van der Waals surface area contributed by atoms with Gasteiger partial charge in [0.25, 0.3) is 11.8 Å². The van der Waals surface area contributed by atoms with Gasteiger partial charge in [0.1, 0.15) is 12.1 Å². The molecular weight excluding hydrogens is 374 g/mol. The summed E-state index contributed by atoms with van der Waals surface area (Å²) in [5.74, 6) is -1.24. The number of nitrogens with zero attached hydrogens (tertiary/aromatic N) is 1. The molecule has 2 N–H and O–H groups in total. The molecule has 0 spiro atoms. The van der Waals surface area contributed by atoms with E-state index in [0.29, 0.717) is 5.92 Å². The predicted octanol–water partition coefficient (Wildman–Crippen LogP) is 1.94. The van der Waals surface area contributed by atoms with E-state index in [4.69, 9.17) is 4.74 Å². The van der Waals surface area contributed by atoms with Gasteiger partial charge < -0.3 is 15.4 Å². The van der Waals surface area contributed by atoms with E-state index in [9.17, 15) is 19.2 Å². The maximum atomic E-state index is 12.1. The van der Waals surface area contributed by atoms with E-state index in [0.717, 1.165) is 16.9 Å². The molecule has 0 aliphatic carbocycles. The number of hydrogen-bond acceptors (Lipinski definition) is 5. The molecule has 29 heavy (non-hydrogen) atoms. The lowest BCUT2D eigenvalue weighted by Crippen LogP contribution is -2.41. The lowest BCUT2D eigenvalue weighted by atomic mass is 10.00. The minimum absolute atomic E-state index is 0.249. The maximum Gasteiger partial charge on any atom is 0.326 e. The zero-order chi connectivity index (χ0) is 21.8. The van der Waals surface area contributed by atoms with Gasteiger partial charge in [0.2, 0.25) is 0 Å². The Kier molecular flexibility index (Phi) is 7.00. The highest BCUT2D eigenvalue weighted by atomic mass is 16.5. The summed E-state index contributed by atoms with van der Waals surface area (Å²) in [4.78, 5) is 48.6. The number of carbonyl (C=O) groups is 4. The summed E-state index contributed by atoms with van der Waals surface area (Å²) >= 11 is 0. The van der Waals surface area contributed by atoms with Crippen LogP contribution < -0.4 is 10.6 Å². The van der Waals surface area contributed by atoms with Crippen molar-refractivity contribution in [3.63, 3.8) is 0 Å². The van der Waals surface area contributed by atoms with Crippen molar-refractivity contribution >= 4 is 23.8 Å². The molecule has 1 aromatic rings. The van der Waals surface area contributed by atoms with Gasteiger partial charge >= 0.3 is 12.0 Å². The van der Waals surface area contributed by atoms with Gasteiger partial charge in [0.05, 0.1) is 6.04 Å². The largest absolute Gasteiger partial charge is 0.454 e. The summed E-state index contributed by atoms with van der Waals surface area (Å²) in [7, 11) is 0. The SMILES string of the molecule is CC(C)Cc1ccc([C@@H](C)NC(=O)COC(=O)CN2C(=O)NC(C)(C)C2=O)cc1. The second-order valence-corrected chi connectivity index (χ2v) is 8.24. The third kappa shape index (κ3) is 6.04. The molecule has 1 fully saturated rings. The number of nitrogens with one attached hydrogen (secondary N) is 2. The zero-order valence-electron chi connectivity index (χ0n) is 17.6. The Morgan fingerprint density at radius 1 is 1.14 bits per heavy atom. The highest BCUT2D eigenvalue weighted by Gasteiger charge is 2.45. The number of rotatable bonds is 8. The van der Waals surface area contributed by atoms with Crippen LogP contribution in [0, 0.1) is 5.92 Å². The highest BCUT2D eigenvalue weighted by molar-refractivity contribution is 6.08. The topological polar surface area (TPSA) is 105 Å². The van der Waals surface area contributed by atoms with Crippen molar-refractivity contribution in [3.05, 3.63) is 35.4 Å². The molecule has 4 amide bonds. The van der Waals surface area contributed by atoms with E-state index in [2.05, 4.69) is 24.5 Å². The summed E-state index contributed by atoms with van der Waals surface area (Å²) in [6.07, 6.45) is 0.992. The fraction of sp³-hybridized carbons (Fsp3) is 0.524. The average Bonchev–Trinajstić information content (AvgIpc) is 2.81. The number of imide groups is 1. The first-order valence-corrected chi connectivity index (χ1v) is 9.67. The summed E-state index contributed by atoms with van der Waals surface area (Å²) in [6, 6.07) is 7.11. The van der Waals surface area contributed by atoms with Gasteiger partial charge in [-0.15, -0.1) is 0 Å². The Labute approximate surface area is 171 Å². The molecule has 8 heteroatoms. The molecule has 0 saturated carbocycles. The molecule has 1 aliphatic rings. The zero-order valence-corrected chi connectivity index (χ0v) is 17.6. The van der Waals surface area contributed by atoms with Crippen molar-refractivity contribution in [1.82, 2.24) is 15.5 Å². The Balaban J connectivity index is 1.79. The van der Waals surface area contributed by atoms with Crippen LogP contribution in [0.15, 0.2) is 24.3 Å². The molecule has 0 bridgehead atoms. The van der Waals surface area contributed by atoms with Crippen LogP contribution in [0.3, 0.4) is 0 Å². The van der Waals surface area contributed by atoms with Crippen LogP contribution in [0.4, 0.5) is 4.79 Å². The van der Waals surface area contributed by atoms with Crippen molar-refractivity contribution in [2.24, 2.45) is 5.92 Å². The average molecular weight is 403 g/mol. The van der Waals surface area contributed by atoms with Crippen molar-refractivity contribution in [3.8, 4) is 0 Å². The molecule has 1 saturated heterocycles. The van der Waals surface area contributed by atoms with Crippen molar-refractivity contribution in [2.45, 2.75) is 52.6 Å². The van der Waals surface area contributed by atoms with Crippen molar-refractivity contribution in [2.75, 3.05) is 13.2 Å². The monoisotopic (exact) mass is 403 g/mol. The molecule has 1 heterocycles. The lowest BCUT2D eigenvalue weighted by molar-refractivity contribution is -0.151. The molecule has 1 aromatic carbocycles. The summed E-state index contributed by atoms with van der Waals surface area (Å²) in [5.41, 5.74) is 1.12. The van der Waals surface area contributed by atoms with E-state index in [1.54, 1.807) is 13.8 Å². The minimum Gasteiger partial charge on any atom is -0.454 e. The quantitative estimate of drug-likeness (QED) is 0.510. The molecular formula is C21H29N3O5. The predicted molar refractivity (Wildman–Crippen MR) is 107 cm³/mol. The third-order valence-electron chi connectivity index (χ3n) is 4.60. The number of hydrogen-bond donors (Lipinski definition) is 2. The fourth-order valence-corrected chi connectivity index (χ4v) is 3.06. The summed E-state index contributed by atoms with van der Waals surface area (Å²) in [6.45, 7) is 8.23. The maximum absolute atomic E-state index is 12.1. The van der Waals surface area contributed by atoms with Crippen LogP contribution in [-0.4, -0.2) is 47.4 Å². The molecule has 8 nitrogen and oxygen atoms in total. The number of amides is 4. The van der Waals surface area contributed by atoms with E-state index < -0.39 is 42.5 Å². The number of carbonyl (C=O) groups excluding carboxylic acids is 4. The van der Waals surface area contributed by atoms with E-state index >= 15 is 0 Å². The Hall–Kier alpha value is -2.90. The minimum atomic E-state index is -1.06. The second-order valence-electron chi connectivity index (χ2n) is 8.24. The van der Waals surface area contributed by atoms with Crippen LogP contribution in [-0.2, 0) is 25.5 Å². The molecule has 0 radical (unpaired) electrons. The fourth-order valence-electron chi connectivity index (χ4n) is 3.06. The molecule has 0 aromatic heterocycles. The van der Waals surface area contributed by atoms with Gasteiger partial charge in [0, 0.05) is 0 Å². The van der Waals surface area contributed by atoms with Gasteiger partial charge in [-0.2, -0.15) is 0 Å². The number of ether oxygens (including phenoxy) is 1. The second kappa shape index (κ2) is 9.07. The standard InChI is InChI=1S/C21H29N3O5/c1-13(2)10-15-6-8-16(9-7-15)14(3)22-17(25)12-29-18(26)11-24-19(27)21(4,5)23-20(24)28/h6-9,13-14H,10-12H2,1-5H3,(H,22,25)(H,23,28)/t14-/m1/s1. The number of urea groups is 1. The first-order chi connectivity index (χ1) is 13.5. The van der Waals surface area contributed by atoms with E-state index in [-0.39, 0.29) is 6.04 Å². The van der Waals surface area contributed by atoms with Gasteiger partial charge in [-0.25, -0.2) is 4.79 Å². The first kappa shape index (κ1) is 22.4. The highest BCUT2D eigenvalue weighted by Crippen LogP contribution is 2.17. The van der Waals surface area contributed by atoms with Gasteiger partial charge in [-0.05, 0) is 44.2 Å². The first-order valence-electron chi connectivity index (χ1n) is 9.67. The summed E-state index contributed by atoms with van der Waals surface area (Å²) in [5, 5.41) is 5.23. The molecule has 2 rings (SSSR count). The van der Waals surface area contributed by atoms with Crippen LogP contribution in [0.25, 0.3) is 0 Å². The van der Waals surface area contributed by atoms with Crippen molar-refractivity contribution in [1.29, 1.82) is 0 Å². The molecule has 1 atom stereocenters. The van der Waals surface area contributed by atoms with E-state index in [1.807, 2.05) is 31.2 Å². The van der Waals surface area contributed by atoms with Gasteiger partial charge in [0.15, 0.2) is 6.61 Å². The smallest absolute Gasteiger partial charge is 0.326 e. The van der Waals surface area contributed by atoms with Crippen molar-refractivity contribution < 1.29 is 23.9 Å². The van der Waals surface area contributed by atoms with Gasteiger partial charge in [-0.1, -0.05) is 38.1 Å². The van der Waals surface area contributed by atoms with Crippen LogP contribution in [0.1, 0.15) is 51.8 Å². The Bertz CT molecular complexity index is 786. The Morgan fingerprint density at radius 3 is 2.28 bits per heavy atom. The number of benzene rings is 1. The number of esters is 1. The lowest BCUT2D eigenvalue weighted by Gasteiger charge is -2.16. The summed E-state index contributed by atoms with van der Waals surface area (Å²) < 4.78 is 4.91. The molecule has 158 valence electrons.